The molecular weight excluding hydrogens is 611 g/mol. The quantitative estimate of drug-likeness (QED) is 0.315. The van der Waals surface area contributed by atoms with E-state index in [9.17, 15) is 27.7 Å². The predicted octanol–water partition coefficient (Wildman–Crippen LogP) is 4.86. The first kappa shape index (κ1) is 30.8. The molecule has 9 nitrogen and oxygen atoms in total. The summed E-state index contributed by atoms with van der Waals surface area (Å²) < 4.78 is 40.3. The fourth-order valence-corrected chi connectivity index (χ4v) is 8.11. The number of nitrogens with zero attached hydrogens (tertiary/aromatic N) is 2. The summed E-state index contributed by atoms with van der Waals surface area (Å²) in [5.74, 6) is -0.472. The maximum Gasteiger partial charge on any atom is 0.399 e. The van der Waals surface area contributed by atoms with Crippen LogP contribution in [0.4, 0.5) is 8.78 Å². The van der Waals surface area contributed by atoms with Gasteiger partial charge in [0.15, 0.2) is 0 Å². The van der Waals surface area contributed by atoms with Crippen molar-refractivity contribution >= 4 is 46.7 Å². The van der Waals surface area contributed by atoms with Crippen molar-refractivity contribution in [3.63, 3.8) is 0 Å². The van der Waals surface area contributed by atoms with Gasteiger partial charge in [-0.15, -0.1) is 11.3 Å². The molecule has 3 saturated heterocycles. The average Bonchev–Trinajstić information content (AvgIpc) is 3.58. The van der Waals surface area contributed by atoms with Gasteiger partial charge in [0.1, 0.15) is 12.1 Å². The van der Waals surface area contributed by atoms with E-state index in [2.05, 4.69) is 17.4 Å². The first-order chi connectivity index (χ1) is 20.9. The molecule has 0 unspecified atom stereocenters. The number of amides is 3. The van der Waals surface area contributed by atoms with Crippen molar-refractivity contribution in [3.05, 3.63) is 70.6 Å². The molecule has 1 aromatic heterocycles. The van der Waals surface area contributed by atoms with E-state index < -0.39 is 36.8 Å². The number of halogens is 2. The Kier molecular flexibility index (Phi) is 8.38. The standard InChI is InChI=1S/C31H34F2N3O6PS/c32-31(33,43(40,41)42)22-10-13-26-21(15-22)16-27(44-26)28(37)34-24-9-5-4-8-23-11-12-25(36(23)29(24)38)30(39)35-17-20(18-35)14-19-6-2-1-3-7-19/h1-3,6-7,10,13,15-16,20,23-25H,4-5,8-9,11-12,14,17-18H2,(H,34,37)(H2,40,41,42)/t23-,24-,25-/m0/s1. The number of alkyl halides is 2. The Balaban J connectivity index is 1.14. The molecule has 234 valence electrons. The maximum absolute atomic E-state index is 14.3. The van der Waals surface area contributed by atoms with Gasteiger partial charge in [0.25, 0.3) is 5.91 Å². The molecule has 0 bridgehead atoms. The third kappa shape index (κ3) is 5.92. The number of rotatable bonds is 7. The van der Waals surface area contributed by atoms with Crippen molar-refractivity contribution in [1.29, 1.82) is 0 Å². The summed E-state index contributed by atoms with van der Waals surface area (Å²) in [5, 5.41) is 3.07. The molecule has 3 aliphatic heterocycles. The largest absolute Gasteiger partial charge is 0.399 e. The normalized spacial score (nSPS) is 23.2. The van der Waals surface area contributed by atoms with Crippen LogP contribution in [0.3, 0.4) is 0 Å². The van der Waals surface area contributed by atoms with E-state index in [0.717, 1.165) is 55.6 Å². The van der Waals surface area contributed by atoms with Crippen molar-refractivity contribution in [3.8, 4) is 0 Å². The lowest BCUT2D eigenvalue weighted by Crippen LogP contribution is -2.60. The molecule has 2 aromatic carbocycles. The van der Waals surface area contributed by atoms with E-state index in [0.29, 0.717) is 36.5 Å². The summed E-state index contributed by atoms with van der Waals surface area (Å²) in [5.41, 5.74) is -3.97. The van der Waals surface area contributed by atoms with Crippen molar-refractivity contribution in [2.45, 2.75) is 68.7 Å². The molecule has 3 aliphatic rings. The van der Waals surface area contributed by atoms with Crippen LogP contribution in [0.5, 0.6) is 0 Å². The second-order valence-electron chi connectivity index (χ2n) is 12.1. The predicted molar refractivity (Wildman–Crippen MR) is 161 cm³/mol. The highest BCUT2D eigenvalue weighted by molar-refractivity contribution is 7.52. The highest BCUT2D eigenvalue weighted by Gasteiger charge is 2.50. The molecule has 3 fully saturated rings. The Bertz CT molecular complexity index is 1620. The number of benzene rings is 2. The van der Waals surface area contributed by atoms with Gasteiger partial charge in [-0.05, 0) is 67.2 Å². The summed E-state index contributed by atoms with van der Waals surface area (Å²) in [6, 6.07) is 13.3. The lowest BCUT2D eigenvalue weighted by Gasteiger charge is -2.43. The number of hydrogen-bond donors (Lipinski definition) is 3. The first-order valence-electron chi connectivity index (χ1n) is 14.9. The highest BCUT2D eigenvalue weighted by Crippen LogP contribution is 2.59. The monoisotopic (exact) mass is 645 g/mol. The van der Waals surface area contributed by atoms with Crippen LogP contribution in [-0.2, 0) is 26.2 Å². The molecule has 0 saturated carbocycles. The fraction of sp³-hybridized carbons (Fsp3) is 0.452. The summed E-state index contributed by atoms with van der Waals surface area (Å²) in [6.07, 6.45) is 5.06. The molecule has 4 heterocycles. The number of likely N-dealkylation sites (tertiary alicyclic amines) is 1. The Hall–Kier alpha value is -3.18. The molecule has 3 atom stereocenters. The molecular formula is C31H34F2N3O6PS. The third-order valence-corrected chi connectivity index (χ3v) is 11.1. The molecule has 3 aromatic rings. The van der Waals surface area contributed by atoms with Gasteiger partial charge in [-0.25, -0.2) is 0 Å². The Labute approximate surface area is 257 Å². The molecule has 3 N–H and O–H groups in total. The number of fused-ring (bicyclic) bond motifs is 2. The van der Waals surface area contributed by atoms with Crippen molar-refractivity contribution in [2.75, 3.05) is 13.1 Å². The van der Waals surface area contributed by atoms with Crippen LogP contribution in [0.25, 0.3) is 10.1 Å². The number of thiophene rings is 1. The Morgan fingerprint density at radius 3 is 2.45 bits per heavy atom. The van der Waals surface area contributed by atoms with Crippen molar-refractivity contribution in [2.24, 2.45) is 5.92 Å². The Morgan fingerprint density at radius 2 is 1.73 bits per heavy atom. The summed E-state index contributed by atoms with van der Waals surface area (Å²) >= 11 is 1.03. The SMILES string of the molecule is O=C(N[C@H]1CCCC[C@H]2CC[C@@H](C(=O)N3CC(Cc4ccccc4)C3)N2C1=O)c1cc2cc(C(F)(F)P(=O)(O)O)ccc2s1. The smallest absolute Gasteiger partial charge is 0.340 e. The van der Waals surface area contributed by atoms with E-state index in [-0.39, 0.29) is 28.1 Å². The Morgan fingerprint density at radius 1 is 1.00 bits per heavy atom. The van der Waals surface area contributed by atoms with Gasteiger partial charge in [-0.3, -0.25) is 18.9 Å². The zero-order valence-electron chi connectivity index (χ0n) is 23.9. The van der Waals surface area contributed by atoms with E-state index >= 15 is 0 Å². The molecule has 0 spiro atoms. The highest BCUT2D eigenvalue weighted by atomic mass is 32.1. The number of carbonyl (C=O) groups is 3. The summed E-state index contributed by atoms with van der Waals surface area (Å²) in [7, 11) is -5.74. The molecule has 44 heavy (non-hydrogen) atoms. The van der Waals surface area contributed by atoms with Gasteiger partial charge >= 0.3 is 13.3 Å². The summed E-state index contributed by atoms with van der Waals surface area (Å²) in [6.45, 7) is 1.32. The average molecular weight is 646 g/mol. The van der Waals surface area contributed by atoms with E-state index in [1.807, 2.05) is 23.1 Å². The number of nitrogens with one attached hydrogen (secondary N) is 1. The molecule has 6 rings (SSSR count). The van der Waals surface area contributed by atoms with Gasteiger partial charge in [-0.2, -0.15) is 8.78 Å². The van der Waals surface area contributed by atoms with Crippen LogP contribution in [0.2, 0.25) is 0 Å². The van der Waals surface area contributed by atoms with Crippen LogP contribution < -0.4 is 5.32 Å². The van der Waals surface area contributed by atoms with Crippen molar-refractivity contribution < 1.29 is 37.5 Å². The lowest BCUT2D eigenvalue weighted by molar-refractivity contribution is -0.150. The van der Waals surface area contributed by atoms with Gasteiger partial charge < -0.3 is 24.9 Å². The number of hydrogen-bond acceptors (Lipinski definition) is 5. The van der Waals surface area contributed by atoms with Crippen LogP contribution in [0.1, 0.15) is 59.3 Å². The topological polar surface area (TPSA) is 127 Å². The van der Waals surface area contributed by atoms with Crippen LogP contribution in [0, 0.1) is 5.92 Å². The van der Waals surface area contributed by atoms with E-state index in [1.165, 1.54) is 17.7 Å². The molecule has 13 heteroatoms. The molecule has 0 aliphatic carbocycles. The van der Waals surface area contributed by atoms with Crippen LogP contribution >= 0.6 is 18.9 Å². The second kappa shape index (κ2) is 12.0. The van der Waals surface area contributed by atoms with Gasteiger partial charge in [0.2, 0.25) is 11.8 Å². The second-order valence-corrected chi connectivity index (χ2v) is 14.8. The minimum absolute atomic E-state index is 0.0387. The first-order valence-corrected chi connectivity index (χ1v) is 17.3. The van der Waals surface area contributed by atoms with Gasteiger partial charge in [-0.1, -0.05) is 49.2 Å². The van der Waals surface area contributed by atoms with Crippen molar-refractivity contribution in [1.82, 2.24) is 15.1 Å². The zero-order chi connectivity index (χ0) is 31.2. The maximum atomic E-state index is 14.3. The van der Waals surface area contributed by atoms with Gasteiger partial charge in [0.05, 0.1) is 4.88 Å². The van der Waals surface area contributed by atoms with Crippen LogP contribution in [-0.4, -0.2) is 68.5 Å². The van der Waals surface area contributed by atoms with Crippen LogP contribution in [0.15, 0.2) is 54.6 Å². The minimum Gasteiger partial charge on any atom is -0.340 e. The number of carbonyl (C=O) groups excluding carboxylic acids is 3. The van der Waals surface area contributed by atoms with E-state index in [1.54, 1.807) is 4.90 Å². The summed E-state index contributed by atoms with van der Waals surface area (Å²) in [4.78, 5) is 62.7. The lowest BCUT2D eigenvalue weighted by atomic mass is 9.91. The fourth-order valence-electron chi connectivity index (χ4n) is 6.69. The third-order valence-electron chi connectivity index (χ3n) is 9.01. The molecule has 3 amide bonds. The molecule has 0 radical (unpaired) electrons. The van der Waals surface area contributed by atoms with E-state index in [4.69, 9.17) is 9.79 Å². The van der Waals surface area contributed by atoms with Gasteiger partial charge in [0, 0.05) is 29.4 Å². The minimum atomic E-state index is -5.74. The zero-order valence-corrected chi connectivity index (χ0v) is 25.6.